The summed E-state index contributed by atoms with van der Waals surface area (Å²) in [4.78, 5) is 6.61. The fourth-order valence-corrected chi connectivity index (χ4v) is 3.67. The topological polar surface area (TPSA) is 48.9 Å². The van der Waals surface area contributed by atoms with Crippen LogP contribution >= 0.6 is 24.0 Å². The summed E-state index contributed by atoms with van der Waals surface area (Å²) in [6.45, 7) is 4.37. The van der Waals surface area contributed by atoms with Gasteiger partial charge in [0, 0.05) is 26.7 Å². The first kappa shape index (κ1) is 21.2. The summed E-state index contributed by atoms with van der Waals surface area (Å²) in [5.74, 6) is 0.678. The fraction of sp³-hybridized carbons (Fsp3) is 0.632. The Labute approximate surface area is 172 Å². The lowest BCUT2D eigenvalue weighted by molar-refractivity contribution is 0.0992. The molecule has 0 spiro atoms. The van der Waals surface area contributed by atoms with Gasteiger partial charge in [-0.2, -0.15) is 0 Å². The number of anilines is 1. The summed E-state index contributed by atoms with van der Waals surface area (Å²) in [6, 6.07) is 7.24. The maximum atomic E-state index is 13.8. The van der Waals surface area contributed by atoms with Gasteiger partial charge in [-0.25, -0.2) is 4.39 Å². The van der Waals surface area contributed by atoms with Crippen LogP contribution in [-0.2, 0) is 4.74 Å². The summed E-state index contributed by atoms with van der Waals surface area (Å²) in [7, 11) is 1.91. The molecular weight excluding hydrogens is 446 g/mol. The highest BCUT2D eigenvalue weighted by molar-refractivity contribution is 14.0. The number of benzene rings is 1. The third kappa shape index (κ3) is 5.45. The van der Waals surface area contributed by atoms with E-state index >= 15 is 0 Å². The Hall–Kier alpha value is -1.09. The number of nitrogens with zero attached hydrogens (tertiary/aromatic N) is 2. The van der Waals surface area contributed by atoms with E-state index in [4.69, 9.17) is 4.74 Å². The number of ether oxygens (including phenoxy) is 1. The minimum absolute atomic E-state index is 0. The van der Waals surface area contributed by atoms with Crippen LogP contribution in [0, 0.1) is 5.82 Å². The van der Waals surface area contributed by atoms with Gasteiger partial charge in [-0.05, 0) is 44.7 Å². The highest BCUT2D eigenvalue weighted by Crippen LogP contribution is 2.34. The molecule has 2 aliphatic heterocycles. The highest BCUT2D eigenvalue weighted by Gasteiger charge is 2.41. The van der Waals surface area contributed by atoms with Crippen molar-refractivity contribution in [2.75, 3.05) is 31.6 Å². The number of hydrogen-bond acceptors (Lipinski definition) is 3. The number of para-hydroxylation sites is 1. The van der Waals surface area contributed by atoms with Crippen LogP contribution in [-0.4, -0.2) is 50.9 Å². The molecule has 7 heteroatoms. The van der Waals surface area contributed by atoms with E-state index in [0.29, 0.717) is 30.5 Å². The number of fused-ring (bicyclic) bond motifs is 2. The summed E-state index contributed by atoms with van der Waals surface area (Å²) < 4.78 is 19.7. The van der Waals surface area contributed by atoms with Crippen LogP contribution in [0.3, 0.4) is 0 Å². The van der Waals surface area contributed by atoms with E-state index in [1.807, 2.05) is 18.0 Å². The molecule has 2 bridgehead atoms. The molecule has 1 aromatic carbocycles. The van der Waals surface area contributed by atoms with Gasteiger partial charge in [0.1, 0.15) is 5.82 Å². The van der Waals surface area contributed by atoms with E-state index in [0.717, 1.165) is 38.3 Å². The van der Waals surface area contributed by atoms with Gasteiger partial charge < -0.3 is 20.3 Å². The zero-order chi connectivity index (χ0) is 17.6. The second-order valence-electron chi connectivity index (χ2n) is 6.85. The third-order valence-electron chi connectivity index (χ3n) is 4.96. The second kappa shape index (κ2) is 10.3. The van der Waals surface area contributed by atoms with Crippen LogP contribution in [0.4, 0.5) is 10.1 Å². The van der Waals surface area contributed by atoms with E-state index < -0.39 is 0 Å². The van der Waals surface area contributed by atoms with Crippen molar-refractivity contribution >= 4 is 35.6 Å². The van der Waals surface area contributed by atoms with Crippen molar-refractivity contribution in [2.24, 2.45) is 4.99 Å². The highest BCUT2D eigenvalue weighted by atomic mass is 127. The Balaban J connectivity index is 0.00000243. The molecule has 2 aliphatic rings. The molecular formula is C19H30FIN4O. The summed E-state index contributed by atoms with van der Waals surface area (Å²) in [5.41, 5.74) is 0.635. The second-order valence-corrected chi connectivity index (χ2v) is 6.85. The Morgan fingerprint density at radius 1 is 1.35 bits per heavy atom. The smallest absolute Gasteiger partial charge is 0.191 e. The Bertz CT molecular complexity index is 601. The maximum Gasteiger partial charge on any atom is 0.191 e. The van der Waals surface area contributed by atoms with Crippen LogP contribution < -0.4 is 15.5 Å². The molecule has 3 rings (SSSR count). The zero-order valence-electron chi connectivity index (χ0n) is 15.6. The van der Waals surface area contributed by atoms with E-state index in [9.17, 15) is 4.39 Å². The van der Waals surface area contributed by atoms with Crippen LogP contribution in [0.2, 0.25) is 0 Å². The van der Waals surface area contributed by atoms with Crippen LogP contribution in [0.15, 0.2) is 29.3 Å². The molecule has 0 aliphatic carbocycles. The first-order chi connectivity index (χ1) is 12.2. The number of nitrogens with one attached hydrogen (secondary N) is 2. The van der Waals surface area contributed by atoms with Gasteiger partial charge in [0.15, 0.2) is 5.96 Å². The SMILES string of the molecule is CCNC(=NCCCN(C)c1ccccc1F)NC1CC2CCC1O2.I. The standard InChI is InChI=1S/C19H29FN4O.HI/c1-3-21-19(23-16-13-14-9-10-18(16)25-14)22-11-6-12-24(2)17-8-5-4-7-15(17)20;/h4-5,7-8,14,16,18H,3,6,9-13H2,1-2H3,(H2,21,22,23);1H. The van der Waals surface area contributed by atoms with Gasteiger partial charge in [-0.15, -0.1) is 24.0 Å². The van der Waals surface area contributed by atoms with Crippen molar-refractivity contribution in [1.82, 2.24) is 10.6 Å². The number of halogens is 2. The van der Waals surface area contributed by atoms with E-state index in [1.165, 1.54) is 12.5 Å². The van der Waals surface area contributed by atoms with Crippen molar-refractivity contribution in [3.05, 3.63) is 30.1 Å². The van der Waals surface area contributed by atoms with Crippen LogP contribution in [0.5, 0.6) is 0 Å². The average Bonchev–Trinajstić information content (AvgIpc) is 3.22. The van der Waals surface area contributed by atoms with Gasteiger partial charge in [-0.3, -0.25) is 4.99 Å². The van der Waals surface area contributed by atoms with Gasteiger partial charge >= 0.3 is 0 Å². The predicted molar refractivity (Wildman–Crippen MR) is 115 cm³/mol. The largest absolute Gasteiger partial charge is 0.373 e. The van der Waals surface area contributed by atoms with Gasteiger partial charge in [0.05, 0.1) is 23.9 Å². The number of rotatable bonds is 7. The molecule has 0 aromatic heterocycles. The van der Waals surface area contributed by atoms with Crippen molar-refractivity contribution in [1.29, 1.82) is 0 Å². The van der Waals surface area contributed by atoms with E-state index in [-0.39, 0.29) is 29.8 Å². The minimum Gasteiger partial charge on any atom is -0.373 e. The minimum atomic E-state index is -0.181. The summed E-state index contributed by atoms with van der Waals surface area (Å²) in [5, 5.41) is 6.83. The molecule has 2 saturated heterocycles. The quantitative estimate of drug-likeness (QED) is 0.275. The molecule has 0 radical (unpaired) electrons. The zero-order valence-corrected chi connectivity index (χ0v) is 17.9. The van der Waals surface area contributed by atoms with Gasteiger partial charge in [0.25, 0.3) is 0 Å². The molecule has 2 N–H and O–H groups in total. The number of aliphatic imine (C=N–C) groups is 1. The molecule has 2 heterocycles. The van der Waals surface area contributed by atoms with Gasteiger partial charge in [-0.1, -0.05) is 12.1 Å². The van der Waals surface area contributed by atoms with Crippen molar-refractivity contribution in [3.8, 4) is 0 Å². The van der Waals surface area contributed by atoms with Crippen molar-refractivity contribution < 1.29 is 9.13 Å². The van der Waals surface area contributed by atoms with Crippen molar-refractivity contribution in [2.45, 2.75) is 50.9 Å². The van der Waals surface area contributed by atoms with Gasteiger partial charge in [0.2, 0.25) is 0 Å². The molecule has 2 fully saturated rings. The molecule has 26 heavy (non-hydrogen) atoms. The average molecular weight is 476 g/mol. The molecule has 0 saturated carbocycles. The molecule has 5 nitrogen and oxygen atoms in total. The monoisotopic (exact) mass is 476 g/mol. The Morgan fingerprint density at radius 3 is 2.81 bits per heavy atom. The first-order valence-corrected chi connectivity index (χ1v) is 9.33. The lowest BCUT2D eigenvalue weighted by atomic mass is 9.96. The van der Waals surface area contributed by atoms with E-state index in [1.54, 1.807) is 12.1 Å². The summed E-state index contributed by atoms with van der Waals surface area (Å²) >= 11 is 0. The normalized spacial score (nSPS) is 24.3. The van der Waals surface area contributed by atoms with Crippen molar-refractivity contribution in [3.63, 3.8) is 0 Å². The first-order valence-electron chi connectivity index (χ1n) is 9.33. The maximum absolute atomic E-state index is 13.8. The Morgan fingerprint density at radius 2 is 2.15 bits per heavy atom. The molecule has 0 amide bonds. The van der Waals surface area contributed by atoms with E-state index in [2.05, 4.69) is 22.5 Å². The number of guanidine groups is 1. The summed E-state index contributed by atoms with van der Waals surface area (Å²) in [6.07, 6.45) is 5.05. The van der Waals surface area contributed by atoms with Crippen LogP contribution in [0.25, 0.3) is 0 Å². The predicted octanol–water partition coefficient (Wildman–Crippen LogP) is 3.15. The molecule has 1 aromatic rings. The van der Waals surface area contributed by atoms with Crippen LogP contribution in [0.1, 0.15) is 32.6 Å². The molecule has 146 valence electrons. The molecule has 3 atom stereocenters. The molecule has 3 unspecified atom stereocenters. The Kier molecular flexibility index (Phi) is 8.40. The number of hydrogen-bond donors (Lipinski definition) is 2. The fourth-order valence-electron chi connectivity index (χ4n) is 3.67. The lowest BCUT2D eigenvalue weighted by Crippen LogP contribution is -2.47. The lowest BCUT2D eigenvalue weighted by Gasteiger charge is -2.23. The third-order valence-corrected chi connectivity index (χ3v) is 4.96.